The average Bonchev–Trinajstić information content (AvgIpc) is 2.75. The minimum absolute atomic E-state index is 0.157. The second-order valence-electron chi connectivity index (χ2n) is 9.37. The van der Waals surface area contributed by atoms with Crippen molar-refractivity contribution in [3.8, 4) is 0 Å². The van der Waals surface area contributed by atoms with Gasteiger partial charge in [-0.2, -0.15) is 0 Å². The van der Waals surface area contributed by atoms with Crippen LogP contribution >= 0.6 is 0 Å². The van der Waals surface area contributed by atoms with E-state index in [0.717, 1.165) is 65.2 Å². The number of fused-ring (bicyclic) bond motifs is 1. The highest BCUT2D eigenvalue weighted by Gasteiger charge is 2.18. The van der Waals surface area contributed by atoms with Gasteiger partial charge in [0.2, 0.25) is 0 Å². The van der Waals surface area contributed by atoms with Crippen molar-refractivity contribution >= 4 is 23.3 Å². The van der Waals surface area contributed by atoms with Crippen molar-refractivity contribution in [2.75, 3.05) is 0 Å². The van der Waals surface area contributed by atoms with E-state index in [-0.39, 0.29) is 12.2 Å². The van der Waals surface area contributed by atoms with Crippen LogP contribution in [0.3, 0.4) is 0 Å². The zero-order valence-electron chi connectivity index (χ0n) is 20.2. The molecule has 176 valence electrons. The van der Waals surface area contributed by atoms with Crippen LogP contribution in [-0.4, -0.2) is 22.1 Å². The van der Waals surface area contributed by atoms with E-state index in [9.17, 15) is 19.8 Å². The third kappa shape index (κ3) is 6.63. The number of hydrogen-bond donors (Lipinski definition) is 2. The summed E-state index contributed by atoms with van der Waals surface area (Å²) in [5.74, 6) is 0.406. The summed E-state index contributed by atoms with van der Waals surface area (Å²) < 4.78 is 5.46. The lowest BCUT2D eigenvalue weighted by Crippen LogP contribution is -2.14. The van der Waals surface area contributed by atoms with Gasteiger partial charge in [-0.1, -0.05) is 44.8 Å². The lowest BCUT2D eigenvalue weighted by atomic mass is 9.89. The molecule has 0 unspecified atom stereocenters. The predicted octanol–water partition coefficient (Wildman–Crippen LogP) is 5.40. The lowest BCUT2D eigenvalue weighted by Gasteiger charge is -2.18. The number of carbonyl (C=O) groups is 1. The number of carbonyl (C=O) groups excluding carboxylic acids is 1. The number of hydrogen-bond acceptors (Lipinski definition) is 5. The molecule has 0 aliphatic heterocycles. The van der Waals surface area contributed by atoms with Gasteiger partial charge in [0.1, 0.15) is 11.9 Å². The van der Waals surface area contributed by atoms with Gasteiger partial charge in [-0.15, -0.1) is 0 Å². The largest absolute Gasteiger partial charge is 0.422 e. The fourth-order valence-electron chi connectivity index (χ4n) is 4.37. The van der Waals surface area contributed by atoms with Crippen LogP contribution in [0.25, 0.3) is 17.0 Å². The molecule has 1 aliphatic carbocycles. The molecule has 1 fully saturated rings. The summed E-state index contributed by atoms with van der Waals surface area (Å²) >= 11 is 0. The molecule has 5 nitrogen and oxygen atoms in total. The van der Waals surface area contributed by atoms with E-state index in [0.29, 0.717) is 11.5 Å². The lowest BCUT2D eigenvalue weighted by molar-refractivity contribution is -0.111. The van der Waals surface area contributed by atoms with Gasteiger partial charge in [0, 0.05) is 17.4 Å². The maximum Gasteiger partial charge on any atom is 0.336 e. The Kier molecular flexibility index (Phi) is 9.41. The van der Waals surface area contributed by atoms with Crippen LogP contribution in [-0.2, 0) is 17.8 Å². The Labute approximate surface area is 191 Å². The summed E-state index contributed by atoms with van der Waals surface area (Å²) in [4.78, 5) is 22.1. The Bertz CT molecular complexity index is 1000. The van der Waals surface area contributed by atoms with Crippen molar-refractivity contribution < 1.29 is 19.4 Å². The molecule has 5 heteroatoms. The molecule has 1 saturated carbocycles. The maximum atomic E-state index is 11.9. The van der Waals surface area contributed by atoms with Gasteiger partial charge in [0.15, 0.2) is 0 Å². The van der Waals surface area contributed by atoms with Gasteiger partial charge < -0.3 is 19.4 Å². The van der Waals surface area contributed by atoms with Gasteiger partial charge in [-0.25, -0.2) is 4.79 Å². The van der Waals surface area contributed by atoms with E-state index >= 15 is 0 Å². The van der Waals surface area contributed by atoms with Crippen molar-refractivity contribution in [2.45, 2.75) is 91.8 Å². The first kappa shape index (κ1) is 26.0. The summed E-state index contributed by atoms with van der Waals surface area (Å²) in [7, 11) is 0. The molecule has 1 aromatic heterocycles. The van der Waals surface area contributed by atoms with Crippen LogP contribution in [0.15, 0.2) is 21.4 Å². The highest BCUT2D eigenvalue weighted by Crippen LogP contribution is 2.33. The standard InChI is InChI=1S/C20H26O4.C7H12O/c1-6-7-14-10-17(22)24-19-13(3)16(11-21)15(12(2)18(14)19)8-9-20(4,5)23;8-6-7-4-2-1-3-5-7/h8-10,21,23H,6-7,11H2,1-5H3;6-7H,1-5H2/b9-8-;. The molecule has 1 aliphatic rings. The van der Waals surface area contributed by atoms with Crippen LogP contribution in [0, 0.1) is 19.8 Å². The quantitative estimate of drug-likeness (QED) is 0.462. The molecule has 2 N–H and O–H groups in total. The summed E-state index contributed by atoms with van der Waals surface area (Å²) in [5.41, 5.74) is 3.51. The molecule has 1 aromatic carbocycles. The highest BCUT2D eigenvalue weighted by atomic mass is 16.4. The fraction of sp³-hybridized carbons (Fsp3) is 0.556. The van der Waals surface area contributed by atoms with Crippen LogP contribution in [0.2, 0.25) is 0 Å². The highest BCUT2D eigenvalue weighted by molar-refractivity contribution is 5.91. The Morgan fingerprint density at radius 1 is 1.16 bits per heavy atom. The van der Waals surface area contributed by atoms with E-state index in [1.165, 1.54) is 19.3 Å². The van der Waals surface area contributed by atoms with Crippen molar-refractivity contribution in [3.05, 3.63) is 50.4 Å². The van der Waals surface area contributed by atoms with E-state index in [1.807, 2.05) is 19.9 Å². The number of rotatable bonds is 6. The van der Waals surface area contributed by atoms with Crippen molar-refractivity contribution in [3.63, 3.8) is 0 Å². The molecular formula is C27H38O5. The van der Waals surface area contributed by atoms with E-state index < -0.39 is 5.60 Å². The SMILES string of the molecule is CCCc1cc(=O)oc2c(C)c(CO)c(/C=C\C(C)(C)O)c(C)c12.O=CC1CCCCC1. The van der Waals surface area contributed by atoms with Crippen LogP contribution in [0.4, 0.5) is 0 Å². The molecule has 32 heavy (non-hydrogen) atoms. The molecule has 2 aromatic rings. The number of benzene rings is 1. The molecule has 0 bridgehead atoms. The van der Waals surface area contributed by atoms with Gasteiger partial charge in [-0.05, 0) is 74.8 Å². The first-order valence-corrected chi connectivity index (χ1v) is 11.7. The van der Waals surface area contributed by atoms with Gasteiger partial charge in [0.25, 0.3) is 0 Å². The summed E-state index contributed by atoms with van der Waals surface area (Å²) in [6.45, 7) is 9.13. The van der Waals surface area contributed by atoms with Crippen molar-refractivity contribution in [1.29, 1.82) is 0 Å². The molecule has 0 saturated heterocycles. The zero-order chi connectivity index (χ0) is 23.9. The Balaban J connectivity index is 0.000000380. The third-order valence-corrected chi connectivity index (χ3v) is 6.12. The second-order valence-corrected chi connectivity index (χ2v) is 9.37. The number of aryl methyl sites for hydroxylation is 3. The number of aldehydes is 1. The molecule has 0 radical (unpaired) electrons. The average molecular weight is 443 g/mol. The van der Waals surface area contributed by atoms with Gasteiger partial charge >= 0.3 is 5.63 Å². The third-order valence-electron chi connectivity index (χ3n) is 6.12. The summed E-state index contributed by atoms with van der Waals surface area (Å²) in [6, 6.07) is 1.56. The Morgan fingerprint density at radius 2 is 1.81 bits per heavy atom. The number of aliphatic hydroxyl groups is 2. The second kappa shape index (κ2) is 11.6. The molecule has 1 heterocycles. The predicted molar refractivity (Wildman–Crippen MR) is 130 cm³/mol. The first-order valence-electron chi connectivity index (χ1n) is 11.7. The van der Waals surface area contributed by atoms with Crippen LogP contribution < -0.4 is 5.63 Å². The molecule has 0 spiro atoms. The minimum Gasteiger partial charge on any atom is -0.422 e. The molecule has 3 rings (SSSR count). The monoisotopic (exact) mass is 442 g/mol. The summed E-state index contributed by atoms with van der Waals surface area (Å²) in [5, 5.41) is 20.8. The van der Waals surface area contributed by atoms with Crippen LogP contribution in [0.1, 0.15) is 87.1 Å². The Hall–Kier alpha value is -2.24. The molecular weight excluding hydrogens is 404 g/mol. The number of aliphatic hydroxyl groups excluding tert-OH is 1. The zero-order valence-corrected chi connectivity index (χ0v) is 20.2. The minimum atomic E-state index is -0.947. The Morgan fingerprint density at radius 3 is 2.31 bits per heavy atom. The smallest absolute Gasteiger partial charge is 0.336 e. The van der Waals surface area contributed by atoms with Crippen molar-refractivity contribution in [2.24, 2.45) is 5.92 Å². The van der Waals surface area contributed by atoms with E-state index in [4.69, 9.17) is 4.42 Å². The maximum absolute atomic E-state index is 11.9. The summed E-state index contributed by atoms with van der Waals surface area (Å²) in [6.07, 6.45) is 12.5. The van der Waals surface area contributed by atoms with Crippen molar-refractivity contribution in [1.82, 2.24) is 0 Å². The first-order chi connectivity index (χ1) is 15.1. The van der Waals surface area contributed by atoms with Crippen LogP contribution in [0.5, 0.6) is 0 Å². The van der Waals surface area contributed by atoms with Gasteiger partial charge in [-0.3, -0.25) is 0 Å². The van der Waals surface area contributed by atoms with E-state index in [1.54, 1.807) is 26.0 Å². The molecule has 0 atom stereocenters. The normalized spacial score (nSPS) is 15.1. The topological polar surface area (TPSA) is 87.7 Å². The molecule has 0 amide bonds. The van der Waals surface area contributed by atoms with E-state index in [2.05, 4.69) is 6.92 Å². The fourth-order valence-corrected chi connectivity index (χ4v) is 4.37. The van der Waals surface area contributed by atoms with Gasteiger partial charge in [0.05, 0.1) is 12.2 Å².